The lowest BCUT2D eigenvalue weighted by molar-refractivity contribution is -0.135. The van der Waals surface area contributed by atoms with E-state index in [0.29, 0.717) is 11.3 Å². The number of phenolic OH excluding ortho intramolecular Hbond substituents is 2. The molecular weight excluding hydrogens is 272 g/mol. The van der Waals surface area contributed by atoms with E-state index in [1.54, 1.807) is 7.11 Å². The number of aromatic hydroxyl groups is 2. The molecule has 21 heavy (non-hydrogen) atoms. The van der Waals surface area contributed by atoms with Gasteiger partial charge in [0.25, 0.3) is 0 Å². The molecule has 0 fully saturated rings. The van der Waals surface area contributed by atoms with Crippen LogP contribution in [-0.4, -0.2) is 23.3 Å². The van der Waals surface area contributed by atoms with E-state index in [1.165, 1.54) is 12.1 Å². The molecule has 1 aliphatic rings. The number of rotatable bonds is 2. The molecule has 0 amide bonds. The summed E-state index contributed by atoms with van der Waals surface area (Å²) in [5, 5.41) is 19.6. The van der Waals surface area contributed by atoms with Crippen molar-refractivity contribution >= 4 is 5.97 Å². The van der Waals surface area contributed by atoms with E-state index in [2.05, 4.69) is 0 Å². The Kier molecular flexibility index (Phi) is 3.17. The van der Waals surface area contributed by atoms with Crippen LogP contribution in [0.25, 0.3) is 0 Å². The summed E-state index contributed by atoms with van der Waals surface area (Å²) in [6.07, 6.45) is 0.124. The van der Waals surface area contributed by atoms with Crippen LogP contribution in [0.1, 0.15) is 23.5 Å². The summed E-state index contributed by atoms with van der Waals surface area (Å²) < 4.78 is 10.3. The van der Waals surface area contributed by atoms with E-state index in [0.717, 1.165) is 5.56 Å². The number of fused-ring (bicyclic) bond motifs is 1. The zero-order valence-electron chi connectivity index (χ0n) is 11.4. The number of phenols is 2. The average Bonchev–Trinajstić information content (AvgIpc) is 2.45. The Bertz CT molecular complexity index is 708. The van der Waals surface area contributed by atoms with Crippen LogP contribution in [0.2, 0.25) is 0 Å². The summed E-state index contributed by atoms with van der Waals surface area (Å²) in [6.45, 7) is 0. The van der Waals surface area contributed by atoms with E-state index < -0.39 is 5.97 Å². The van der Waals surface area contributed by atoms with Crippen LogP contribution in [0, 0.1) is 0 Å². The van der Waals surface area contributed by atoms with Gasteiger partial charge in [-0.3, -0.25) is 4.79 Å². The number of carbonyl (C=O) groups is 1. The number of carbonyl (C=O) groups excluding carboxylic acids is 1. The van der Waals surface area contributed by atoms with Gasteiger partial charge in [0.1, 0.15) is 23.0 Å². The fourth-order valence-corrected chi connectivity index (χ4v) is 2.61. The highest BCUT2D eigenvalue weighted by Crippen LogP contribution is 2.45. The Morgan fingerprint density at radius 3 is 2.81 bits per heavy atom. The molecule has 1 unspecified atom stereocenters. The Morgan fingerprint density at radius 1 is 1.24 bits per heavy atom. The van der Waals surface area contributed by atoms with Gasteiger partial charge >= 0.3 is 5.97 Å². The summed E-state index contributed by atoms with van der Waals surface area (Å²) in [5.41, 5.74) is 1.34. The summed E-state index contributed by atoms with van der Waals surface area (Å²) in [6, 6.07) is 9.89. The molecule has 5 heteroatoms. The van der Waals surface area contributed by atoms with Gasteiger partial charge in [-0.1, -0.05) is 12.1 Å². The molecule has 0 spiro atoms. The molecule has 0 aromatic heterocycles. The smallest absolute Gasteiger partial charge is 0.312 e. The molecule has 0 radical (unpaired) electrons. The maximum atomic E-state index is 11.8. The maximum Gasteiger partial charge on any atom is 0.312 e. The molecule has 108 valence electrons. The molecule has 5 nitrogen and oxygen atoms in total. The Morgan fingerprint density at radius 2 is 2.05 bits per heavy atom. The number of ether oxygens (including phenoxy) is 2. The fraction of sp³-hybridized carbons (Fsp3) is 0.188. The summed E-state index contributed by atoms with van der Waals surface area (Å²) >= 11 is 0. The molecule has 2 N–H and O–H groups in total. The maximum absolute atomic E-state index is 11.8. The van der Waals surface area contributed by atoms with Gasteiger partial charge in [0.15, 0.2) is 0 Å². The van der Waals surface area contributed by atoms with E-state index >= 15 is 0 Å². The fourth-order valence-electron chi connectivity index (χ4n) is 2.61. The molecular formula is C16H14O5. The standard InChI is InChI=1S/C16H14O5/c1-20-11-4-2-3-9(5-11)12-8-15(19)21-14-7-10(17)6-13(18)16(12)14/h2-7,12,17-18H,8H2,1H3. The highest BCUT2D eigenvalue weighted by atomic mass is 16.5. The minimum Gasteiger partial charge on any atom is -0.508 e. The Hall–Kier alpha value is -2.69. The van der Waals surface area contributed by atoms with Crippen molar-refractivity contribution in [2.24, 2.45) is 0 Å². The first-order valence-corrected chi connectivity index (χ1v) is 6.49. The van der Waals surface area contributed by atoms with Crippen molar-refractivity contribution in [2.75, 3.05) is 7.11 Å². The molecule has 0 bridgehead atoms. The molecule has 0 saturated heterocycles. The zero-order chi connectivity index (χ0) is 15.0. The number of hydrogen-bond acceptors (Lipinski definition) is 5. The zero-order valence-corrected chi connectivity index (χ0v) is 11.4. The third-order valence-corrected chi connectivity index (χ3v) is 3.54. The van der Waals surface area contributed by atoms with Gasteiger partial charge in [0, 0.05) is 23.6 Å². The lowest BCUT2D eigenvalue weighted by Gasteiger charge is -2.26. The SMILES string of the molecule is COc1cccc(C2CC(=O)Oc3cc(O)cc(O)c32)c1. The number of methoxy groups -OCH3 is 1. The van der Waals surface area contributed by atoms with E-state index in [9.17, 15) is 15.0 Å². The lowest BCUT2D eigenvalue weighted by Crippen LogP contribution is -2.21. The first-order valence-electron chi connectivity index (χ1n) is 6.49. The Labute approximate surface area is 121 Å². The second-order valence-electron chi connectivity index (χ2n) is 4.88. The van der Waals surface area contributed by atoms with Crippen molar-refractivity contribution in [3.05, 3.63) is 47.5 Å². The second kappa shape index (κ2) is 5.01. The van der Waals surface area contributed by atoms with E-state index in [-0.39, 0.29) is 29.6 Å². The molecule has 1 heterocycles. The van der Waals surface area contributed by atoms with Gasteiger partial charge in [-0.2, -0.15) is 0 Å². The van der Waals surface area contributed by atoms with Crippen molar-refractivity contribution in [1.82, 2.24) is 0 Å². The molecule has 2 aromatic rings. The van der Waals surface area contributed by atoms with Gasteiger partial charge < -0.3 is 19.7 Å². The molecule has 1 atom stereocenters. The quantitative estimate of drug-likeness (QED) is 0.655. The van der Waals surface area contributed by atoms with Crippen LogP contribution in [0.3, 0.4) is 0 Å². The van der Waals surface area contributed by atoms with Crippen molar-refractivity contribution in [2.45, 2.75) is 12.3 Å². The van der Waals surface area contributed by atoms with Crippen molar-refractivity contribution in [3.8, 4) is 23.0 Å². The van der Waals surface area contributed by atoms with E-state index in [1.807, 2.05) is 24.3 Å². The van der Waals surface area contributed by atoms with Crippen molar-refractivity contribution < 1.29 is 24.5 Å². The minimum atomic E-state index is -0.402. The third kappa shape index (κ3) is 2.38. The Balaban J connectivity index is 2.14. The minimum absolute atomic E-state index is 0.0923. The predicted molar refractivity (Wildman–Crippen MR) is 74.9 cm³/mol. The van der Waals surface area contributed by atoms with Crippen LogP contribution in [0.5, 0.6) is 23.0 Å². The second-order valence-corrected chi connectivity index (χ2v) is 4.88. The first-order chi connectivity index (χ1) is 10.1. The largest absolute Gasteiger partial charge is 0.508 e. The highest BCUT2D eigenvalue weighted by Gasteiger charge is 2.31. The molecule has 1 aliphatic heterocycles. The summed E-state index contributed by atoms with van der Waals surface area (Å²) in [4.78, 5) is 11.8. The lowest BCUT2D eigenvalue weighted by atomic mass is 9.85. The topological polar surface area (TPSA) is 76.0 Å². The normalized spacial score (nSPS) is 17.0. The van der Waals surface area contributed by atoms with Gasteiger partial charge in [0.2, 0.25) is 0 Å². The molecule has 3 rings (SSSR count). The molecule has 2 aromatic carbocycles. The van der Waals surface area contributed by atoms with Gasteiger partial charge in [-0.15, -0.1) is 0 Å². The van der Waals surface area contributed by atoms with Crippen LogP contribution in [0.15, 0.2) is 36.4 Å². The van der Waals surface area contributed by atoms with Gasteiger partial charge in [-0.25, -0.2) is 0 Å². The molecule has 0 aliphatic carbocycles. The average molecular weight is 286 g/mol. The third-order valence-electron chi connectivity index (χ3n) is 3.54. The van der Waals surface area contributed by atoms with Gasteiger partial charge in [-0.05, 0) is 17.7 Å². The first kappa shape index (κ1) is 13.3. The van der Waals surface area contributed by atoms with Crippen LogP contribution >= 0.6 is 0 Å². The van der Waals surface area contributed by atoms with Crippen LogP contribution in [-0.2, 0) is 4.79 Å². The number of hydrogen-bond donors (Lipinski definition) is 2. The summed E-state index contributed by atoms with van der Waals surface area (Å²) in [5.74, 6) is -0.115. The highest BCUT2D eigenvalue weighted by molar-refractivity contribution is 5.79. The predicted octanol–water partition coefficient (Wildman–Crippen LogP) is 2.55. The van der Waals surface area contributed by atoms with Crippen LogP contribution in [0.4, 0.5) is 0 Å². The monoisotopic (exact) mass is 286 g/mol. The molecule has 0 saturated carbocycles. The van der Waals surface area contributed by atoms with Crippen LogP contribution < -0.4 is 9.47 Å². The number of benzene rings is 2. The summed E-state index contributed by atoms with van der Waals surface area (Å²) in [7, 11) is 1.57. The van der Waals surface area contributed by atoms with Gasteiger partial charge in [0.05, 0.1) is 13.5 Å². The van der Waals surface area contributed by atoms with Crippen molar-refractivity contribution in [1.29, 1.82) is 0 Å². The van der Waals surface area contributed by atoms with Crippen molar-refractivity contribution in [3.63, 3.8) is 0 Å². The number of esters is 1. The van der Waals surface area contributed by atoms with E-state index in [4.69, 9.17) is 9.47 Å².